The molecule has 0 aliphatic rings. The molecule has 76 valence electrons. The summed E-state index contributed by atoms with van der Waals surface area (Å²) in [6, 6.07) is 3.69. The van der Waals surface area contributed by atoms with Gasteiger partial charge in [-0.1, -0.05) is 12.1 Å². The third kappa shape index (κ3) is 2.20. The summed E-state index contributed by atoms with van der Waals surface area (Å²) in [5.41, 5.74) is 5.14. The molecule has 0 saturated heterocycles. The van der Waals surface area contributed by atoms with Crippen LogP contribution in [0.5, 0.6) is 5.75 Å². The van der Waals surface area contributed by atoms with Crippen LogP contribution >= 0.6 is 0 Å². The molecule has 0 fully saturated rings. The normalized spacial score (nSPS) is 14.7. The van der Waals surface area contributed by atoms with E-state index in [9.17, 15) is 9.18 Å². The molecule has 0 aliphatic carbocycles. The zero-order valence-electron chi connectivity index (χ0n) is 7.22. The van der Waals surface area contributed by atoms with Crippen molar-refractivity contribution in [3.05, 3.63) is 29.8 Å². The molecule has 1 aromatic carbocycles. The third-order valence-electron chi connectivity index (χ3n) is 1.79. The minimum absolute atomic E-state index is 0.0555. The maximum Gasteiger partial charge on any atom is 0.323 e. The Morgan fingerprint density at radius 2 is 2.14 bits per heavy atom. The van der Waals surface area contributed by atoms with Gasteiger partial charge < -0.3 is 15.9 Å². The number of phenolic OH excluding ortho intramolecular Hbond substituents is 1. The molecule has 0 heterocycles. The van der Waals surface area contributed by atoms with Crippen molar-refractivity contribution in [1.29, 1.82) is 0 Å². The fraction of sp³-hybridized carbons (Fsp3) is 0.222. The topological polar surface area (TPSA) is 83.6 Å². The van der Waals surface area contributed by atoms with Crippen LogP contribution in [-0.2, 0) is 4.79 Å². The zero-order valence-corrected chi connectivity index (χ0v) is 7.22. The van der Waals surface area contributed by atoms with E-state index >= 15 is 0 Å². The van der Waals surface area contributed by atoms with Gasteiger partial charge in [-0.25, -0.2) is 4.39 Å². The van der Waals surface area contributed by atoms with E-state index in [1.807, 2.05) is 0 Å². The number of aromatic hydroxyl groups is 1. The van der Waals surface area contributed by atoms with Gasteiger partial charge in [0.1, 0.15) is 11.8 Å². The lowest BCUT2D eigenvalue weighted by atomic mass is 10.0. The second-order valence-corrected chi connectivity index (χ2v) is 2.86. The molecule has 0 bridgehead atoms. The Labute approximate surface area is 79.8 Å². The number of hydrogen-bond donors (Lipinski definition) is 3. The molecule has 4 N–H and O–H groups in total. The largest absolute Gasteiger partial charge is 0.508 e. The predicted octanol–water partition coefficient (Wildman–Crippen LogP) is 0.815. The Balaban J connectivity index is 2.89. The van der Waals surface area contributed by atoms with Gasteiger partial charge in [-0.2, -0.15) is 0 Å². The molecule has 2 unspecified atom stereocenters. The molecule has 2 atom stereocenters. The van der Waals surface area contributed by atoms with Crippen molar-refractivity contribution in [1.82, 2.24) is 0 Å². The van der Waals surface area contributed by atoms with Crippen molar-refractivity contribution in [2.75, 3.05) is 0 Å². The number of carbonyl (C=O) groups is 1. The van der Waals surface area contributed by atoms with E-state index in [0.29, 0.717) is 0 Å². The van der Waals surface area contributed by atoms with Crippen molar-refractivity contribution in [3.8, 4) is 5.75 Å². The Morgan fingerprint density at radius 3 is 2.64 bits per heavy atom. The number of benzene rings is 1. The Morgan fingerprint density at radius 1 is 1.50 bits per heavy atom. The van der Waals surface area contributed by atoms with Crippen LogP contribution in [-0.4, -0.2) is 22.2 Å². The number of nitrogens with two attached hydrogens (primary N) is 1. The average molecular weight is 199 g/mol. The Bertz CT molecular complexity index is 343. The van der Waals surface area contributed by atoms with Crippen LogP contribution < -0.4 is 5.73 Å². The molecule has 5 heteroatoms. The van der Waals surface area contributed by atoms with Crippen molar-refractivity contribution in [3.63, 3.8) is 0 Å². The van der Waals surface area contributed by atoms with E-state index in [-0.39, 0.29) is 11.3 Å². The van der Waals surface area contributed by atoms with Gasteiger partial charge in [0.15, 0.2) is 6.17 Å². The standard InChI is InChI=1S/C9H10FNO3/c10-7(8(11)9(13)14)5-2-1-3-6(12)4-5/h1-4,7-8,12H,11H2,(H,13,14). The van der Waals surface area contributed by atoms with Gasteiger partial charge in [-0.15, -0.1) is 0 Å². The van der Waals surface area contributed by atoms with Crippen LogP contribution in [0.4, 0.5) is 4.39 Å². The smallest absolute Gasteiger partial charge is 0.323 e. The Kier molecular flexibility index (Phi) is 3.03. The summed E-state index contributed by atoms with van der Waals surface area (Å²) < 4.78 is 13.3. The van der Waals surface area contributed by atoms with Gasteiger partial charge in [0, 0.05) is 0 Å². The highest BCUT2D eigenvalue weighted by Gasteiger charge is 2.25. The highest BCUT2D eigenvalue weighted by Crippen LogP contribution is 2.23. The molecule has 0 radical (unpaired) electrons. The second kappa shape index (κ2) is 4.06. The minimum atomic E-state index is -1.82. The fourth-order valence-corrected chi connectivity index (χ4v) is 1.03. The molecule has 0 aromatic heterocycles. The fourth-order valence-electron chi connectivity index (χ4n) is 1.03. The number of alkyl halides is 1. The van der Waals surface area contributed by atoms with Crippen molar-refractivity contribution >= 4 is 5.97 Å². The number of carboxylic acid groups (broad SMARTS) is 1. The molecule has 4 nitrogen and oxygen atoms in total. The number of phenols is 1. The number of aliphatic carboxylic acids is 1. The monoisotopic (exact) mass is 199 g/mol. The van der Waals surface area contributed by atoms with E-state index < -0.39 is 18.2 Å². The highest BCUT2D eigenvalue weighted by atomic mass is 19.1. The van der Waals surface area contributed by atoms with Crippen LogP contribution in [0, 0.1) is 0 Å². The number of halogens is 1. The lowest BCUT2D eigenvalue weighted by Crippen LogP contribution is -2.34. The maximum atomic E-state index is 13.3. The van der Waals surface area contributed by atoms with Gasteiger partial charge in [0.25, 0.3) is 0 Å². The molecule has 0 aliphatic heterocycles. The summed E-state index contributed by atoms with van der Waals surface area (Å²) >= 11 is 0. The summed E-state index contributed by atoms with van der Waals surface area (Å²) in [4.78, 5) is 10.4. The first-order valence-corrected chi connectivity index (χ1v) is 3.93. The Hall–Kier alpha value is -1.62. The molecule has 0 spiro atoms. The predicted molar refractivity (Wildman–Crippen MR) is 47.6 cm³/mol. The summed E-state index contributed by atoms with van der Waals surface area (Å²) in [6.45, 7) is 0. The molecule has 14 heavy (non-hydrogen) atoms. The van der Waals surface area contributed by atoms with Crippen molar-refractivity contribution in [2.45, 2.75) is 12.2 Å². The molecular weight excluding hydrogens is 189 g/mol. The van der Waals surface area contributed by atoms with E-state index in [4.69, 9.17) is 15.9 Å². The lowest BCUT2D eigenvalue weighted by Gasteiger charge is -2.12. The third-order valence-corrected chi connectivity index (χ3v) is 1.79. The van der Waals surface area contributed by atoms with E-state index in [1.54, 1.807) is 0 Å². The number of rotatable bonds is 3. The minimum Gasteiger partial charge on any atom is -0.508 e. The number of hydrogen-bond acceptors (Lipinski definition) is 3. The summed E-state index contributed by atoms with van der Waals surface area (Å²) in [7, 11) is 0. The molecule has 0 saturated carbocycles. The molecule has 1 rings (SSSR count). The van der Waals surface area contributed by atoms with E-state index in [2.05, 4.69) is 0 Å². The maximum absolute atomic E-state index is 13.3. The molecule has 0 amide bonds. The summed E-state index contributed by atoms with van der Waals surface area (Å²) in [6.07, 6.45) is -1.82. The molecular formula is C9H10FNO3. The van der Waals surface area contributed by atoms with E-state index in [1.165, 1.54) is 18.2 Å². The van der Waals surface area contributed by atoms with Crippen LogP contribution in [0.25, 0.3) is 0 Å². The first-order valence-electron chi connectivity index (χ1n) is 3.93. The second-order valence-electron chi connectivity index (χ2n) is 2.86. The summed E-state index contributed by atoms with van der Waals surface area (Å²) in [5, 5.41) is 17.5. The van der Waals surface area contributed by atoms with Gasteiger partial charge in [0.2, 0.25) is 0 Å². The SMILES string of the molecule is NC(C(=O)O)C(F)c1cccc(O)c1. The average Bonchev–Trinajstić information content (AvgIpc) is 2.15. The van der Waals surface area contributed by atoms with Crippen LogP contribution in [0.2, 0.25) is 0 Å². The first-order chi connectivity index (χ1) is 6.52. The summed E-state index contributed by atoms with van der Waals surface area (Å²) in [5.74, 6) is -1.54. The number of carboxylic acids is 1. The van der Waals surface area contributed by atoms with Crippen LogP contribution in [0.1, 0.15) is 11.7 Å². The zero-order chi connectivity index (χ0) is 10.7. The van der Waals surface area contributed by atoms with Gasteiger partial charge in [0.05, 0.1) is 0 Å². The van der Waals surface area contributed by atoms with Crippen molar-refractivity contribution in [2.24, 2.45) is 5.73 Å². The molecule has 1 aromatic rings. The van der Waals surface area contributed by atoms with Crippen molar-refractivity contribution < 1.29 is 19.4 Å². The quantitative estimate of drug-likeness (QED) is 0.672. The van der Waals surface area contributed by atoms with Gasteiger partial charge >= 0.3 is 5.97 Å². The lowest BCUT2D eigenvalue weighted by molar-refractivity contribution is -0.140. The van der Waals surface area contributed by atoms with Gasteiger partial charge in [-0.3, -0.25) is 4.79 Å². The highest BCUT2D eigenvalue weighted by molar-refractivity contribution is 5.74. The van der Waals surface area contributed by atoms with Crippen LogP contribution in [0.15, 0.2) is 24.3 Å². The van der Waals surface area contributed by atoms with Crippen LogP contribution in [0.3, 0.4) is 0 Å². The van der Waals surface area contributed by atoms with E-state index in [0.717, 1.165) is 6.07 Å². The van der Waals surface area contributed by atoms with Gasteiger partial charge in [-0.05, 0) is 17.7 Å². The first kappa shape index (κ1) is 10.5.